The summed E-state index contributed by atoms with van der Waals surface area (Å²) in [5.74, 6) is 0. The van der Waals surface area contributed by atoms with E-state index in [-0.39, 0.29) is 12.4 Å². The highest BCUT2D eigenvalue weighted by atomic mass is 35.5. The first-order chi connectivity index (χ1) is 7.24. The zero-order chi connectivity index (χ0) is 10.7. The highest BCUT2D eigenvalue weighted by Gasteiger charge is 2.16. The summed E-state index contributed by atoms with van der Waals surface area (Å²) in [7, 11) is 0. The Hall–Kier alpha value is -0.640. The van der Waals surface area contributed by atoms with Crippen molar-refractivity contribution in [3.05, 3.63) is 29.6 Å². The lowest BCUT2D eigenvalue weighted by Gasteiger charge is -2.30. The number of rotatable bonds is 2. The van der Waals surface area contributed by atoms with Gasteiger partial charge in [0, 0.05) is 25.3 Å². The molecular weight excluding hydrogens is 222 g/mol. The van der Waals surface area contributed by atoms with Gasteiger partial charge >= 0.3 is 0 Å². The average molecular weight is 242 g/mol. The van der Waals surface area contributed by atoms with Gasteiger partial charge in [-0.15, -0.1) is 12.4 Å². The van der Waals surface area contributed by atoms with Gasteiger partial charge in [-0.3, -0.25) is 9.88 Å². The average Bonchev–Trinajstić information content (AvgIpc) is 2.22. The van der Waals surface area contributed by atoms with Crippen LogP contribution in [-0.4, -0.2) is 29.0 Å². The SMILES string of the molecule is Cc1ccc(CN2CCCC(N)C2)nc1.Cl. The smallest absolute Gasteiger partial charge is 0.0544 e. The molecule has 3 nitrogen and oxygen atoms in total. The van der Waals surface area contributed by atoms with Gasteiger partial charge in [-0.2, -0.15) is 0 Å². The number of nitrogens with two attached hydrogens (primary N) is 1. The van der Waals surface area contributed by atoms with E-state index in [2.05, 4.69) is 28.9 Å². The summed E-state index contributed by atoms with van der Waals surface area (Å²) in [6, 6.07) is 4.57. The number of hydrogen-bond acceptors (Lipinski definition) is 3. The van der Waals surface area contributed by atoms with E-state index in [0.29, 0.717) is 6.04 Å². The maximum atomic E-state index is 5.94. The molecule has 2 N–H and O–H groups in total. The van der Waals surface area contributed by atoms with Crippen molar-refractivity contribution in [1.29, 1.82) is 0 Å². The van der Waals surface area contributed by atoms with E-state index in [0.717, 1.165) is 31.7 Å². The van der Waals surface area contributed by atoms with Crippen molar-refractivity contribution in [2.24, 2.45) is 5.73 Å². The molecule has 0 aliphatic carbocycles. The molecule has 0 radical (unpaired) electrons. The van der Waals surface area contributed by atoms with Gasteiger partial charge in [0.25, 0.3) is 0 Å². The number of hydrogen-bond donors (Lipinski definition) is 1. The van der Waals surface area contributed by atoms with Crippen molar-refractivity contribution >= 4 is 12.4 Å². The molecule has 0 aromatic carbocycles. The number of pyridine rings is 1. The molecule has 0 bridgehead atoms. The molecule has 1 saturated heterocycles. The van der Waals surface area contributed by atoms with Crippen molar-refractivity contribution in [3.8, 4) is 0 Å². The van der Waals surface area contributed by atoms with Gasteiger partial charge in [-0.05, 0) is 37.9 Å². The van der Waals surface area contributed by atoms with Crippen molar-refractivity contribution < 1.29 is 0 Å². The Kier molecular flexibility index (Phi) is 5.19. The topological polar surface area (TPSA) is 42.1 Å². The van der Waals surface area contributed by atoms with Gasteiger partial charge in [0.05, 0.1) is 5.69 Å². The van der Waals surface area contributed by atoms with E-state index in [1.165, 1.54) is 12.0 Å². The Morgan fingerprint density at radius 3 is 2.94 bits per heavy atom. The molecule has 16 heavy (non-hydrogen) atoms. The Balaban J connectivity index is 0.00000128. The van der Waals surface area contributed by atoms with Gasteiger partial charge in [-0.25, -0.2) is 0 Å². The van der Waals surface area contributed by atoms with Gasteiger partial charge in [0.15, 0.2) is 0 Å². The van der Waals surface area contributed by atoms with Crippen molar-refractivity contribution in [2.75, 3.05) is 13.1 Å². The largest absolute Gasteiger partial charge is 0.327 e. The minimum atomic E-state index is 0. The zero-order valence-electron chi connectivity index (χ0n) is 9.72. The van der Waals surface area contributed by atoms with Gasteiger partial charge in [0.2, 0.25) is 0 Å². The maximum absolute atomic E-state index is 5.94. The molecule has 0 spiro atoms. The van der Waals surface area contributed by atoms with Gasteiger partial charge in [-0.1, -0.05) is 6.07 Å². The maximum Gasteiger partial charge on any atom is 0.0544 e. The third kappa shape index (κ3) is 3.74. The van der Waals surface area contributed by atoms with Crippen LogP contribution in [0, 0.1) is 6.92 Å². The fourth-order valence-corrected chi connectivity index (χ4v) is 2.06. The molecule has 1 unspecified atom stereocenters. The molecule has 1 aliphatic rings. The minimum Gasteiger partial charge on any atom is -0.327 e. The van der Waals surface area contributed by atoms with E-state index in [9.17, 15) is 0 Å². The molecule has 1 fully saturated rings. The van der Waals surface area contributed by atoms with Crippen molar-refractivity contribution in [2.45, 2.75) is 32.4 Å². The van der Waals surface area contributed by atoms with Crippen LogP contribution in [0.5, 0.6) is 0 Å². The summed E-state index contributed by atoms with van der Waals surface area (Å²) in [5.41, 5.74) is 8.31. The minimum absolute atomic E-state index is 0. The lowest BCUT2D eigenvalue weighted by molar-refractivity contribution is 0.199. The van der Waals surface area contributed by atoms with Crippen LogP contribution in [-0.2, 0) is 6.54 Å². The summed E-state index contributed by atoms with van der Waals surface area (Å²) >= 11 is 0. The first-order valence-corrected chi connectivity index (χ1v) is 5.63. The second-order valence-electron chi connectivity index (χ2n) is 4.46. The molecular formula is C12H20ClN3. The quantitative estimate of drug-likeness (QED) is 0.858. The van der Waals surface area contributed by atoms with Gasteiger partial charge < -0.3 is 5.73 Å². The normalized spacial score (nSPS) is 21.5. The predicted molar refractivity (Wildman–Crippen MR) is 68.7 cm³/mol. The van der Waals surface area contributed by atoms with Crippen LogP contribution in [0.3, 0.4) is 0 Å². The van der Waals surface area contributed by atoms with Crippen LogP contribution in [0.1, 0.15) is 24.1 Å². The Labute approximate surface area is 103 Å². The first kappa shape index (κ1) is 13.4. The molecule has 1 atom stereocenters. The highest BCUT2D eigenvalue weighted by Crippen LogP contribution is 2.11. The van der Waals surface area contributed by atoms with Crippen LogP contribution in [0.4, 0.5) is 0 Å². The van der Waals surface area contributed by atoms with Crippen LogP contribution >= 0.6 is 12.4 Å². The second-order valence-corrected chi connectivity index (χ2v) is 4.46. The van der Waals surface area contributed by atoms with E-state index >= 15 is 0 Å². The van der Waals surface area contributed by atoms with E-state index in [1.807, 2.05) is 6.20 Å². The fraction of sp³-hybridized carbons (Fsp3) is 0.583. The molecule has 1 aromatic rings. The number of aromatic nitrogens is 1. The van der Waals surface area contributed by atoms with E-state index in [4.69, 9.17) is 5.73 Å². The van der Waals surface area contributed by atoms with Crippen LogP contribution in [0.2, 0.25) is 0 Å². The third-order valence-corrected chi connectivity index (χ3v) is 2.90. The number of piperidine rings is 1. The lowest BCUT2D eigenvalue weighted by atomic mass is 10.1. The molecule has 0 saturated carbocycles. The van der Waals surface area contributed by atoms with E-state index in [1.54, 1.807) is 0 Å². The second kappa shape index (κ2) is 6.18. The van der Waals surface area contributed by atoms with Crippen LogP contribution in [0.15, 0.2) is 18.3 Å². The van der Waals surface area contributed by atoms with Crippen molar-refractivity contribution in [1.82, 2.24) is 9.88 Å². The Morgan fingerprint density at radius 1 is 1.50 bits per heavy atom. The third-order valence-electron chi connectivity index (χ3n) is 2.90. The zero-order valence-corrected chi connectivity index (χ0v) is 10.5. The molecule has 2 heterocycles. The Morgan fingerprint density at radius 2 is 2.31 bits per heavy atom. The van der Waals surface area contributed by atoms with Crippen LogP contribution < -0.4 is 5.73 Å². The molecule has 1 aromatic heterocycles. The molecule has 2 rings (SSSR count). The summed E-state index contributed by atoms with van der Waals surface area (Å²) in [6.07, 6.45) is 4.31. The number of aryl methyl sites for hydroxylation is 1. The molecule has 0 amide bonds. The summed E-state index contributed by atoms with van der Waals surface area (Å²) in [6.45, 7) is 5.17. The summed E-state index contributed by atoms with van der Waals surface area (Å²) in [4.78, 5) is 6.81. The highest BCUT2D eigenvalue weighted by molar-refractivity contribution is 5.85. The monoisotopic (exact) mass is 241 g/mol. The van der Waals surface area contributed by atoms with Gasteiger partial charge in [0.1, 0.15) is 0 Å². The summed E-state index contributed by atoms with van der Waals surface area (Å²) in [5, 5.41) is 0. The predicted octanol–water partition coefficient (Wildman–Crippen LogP) is 1.73. The molecule has 90 valence electrons. The first-order valence-electron chi connectivity index (χ1n) is 5.63. The number of nitrogens with zero attached hydrogens (tertiary/aromatic N) is 2. The standard InChI is InChI=1S/C12H19N3.ClH/c1-10-4-5-12(14-7-10)9-15-6-2-3-11(13)8-15;/h4-5,7,11H,2-3,6,8-9,13H2,1H3;1H. The number of likely N-dealkylation sites (tertiary alicyclic amines) is 1. The van der Waals surface area contributed by atoms with Crippen molar-refractivity contribution in [3.63, 3.8) is 0 Å². The summed E-state index contributed by atoms with van der Waals surface area (Å²) < 4.78 is 0. The number of halogens is 1. The molecule has 1 aliphatic heterocycles. The van der Waals surface area contributed by atoms with Crippen LogP contribution in [0.25, 0.3) is 0 Å². The Bertz CT molecular complexity index is 313. The lowest BCUT2D eigenvalue weighted by Crippen LogP contribution is -2.42. The molecule has 4 heteroatoms. The fourth-order valence-electron chi connectivity index (χ4n) is 2.06. The van der Waals surface area contributed by atoms with E-state index < -0.39 is 0 Å².